The average molecular weight is 250 g/mol. The minimum atomic E-state index is 0.0197. The number of hydrogen-bond acceptors (Lipinski definition) is 3. The van der Waals surface area contributed by atoms with Crippen molar-refractivity contribution in [2.45, 2.75) is 51.6 Å². The number of hydrogen-bond donors (Lipinski definition) is 1. The molecule has 4 heteroatoms. The SMILES string of the molecule is CCc1occc1C(=O)N1CCCCC1C(C)N. The normalized spacial score (nSPS) is 21.9. The van der Waals surface area contributed by atoms with Gasteiger partial charge in [-0.1, -0.05) is 6.92 Å². The second-order valence-electron chi connectivity index (χ2n) is 5.03. The molecule has 2 rings (SSSR count). The van der Waals surface area contributed by atoms with Crippen molar-refractivity contribution in [2.24, 2.45) is 5.73 Å². The Morgan fingerprint density at radius 3 is 3.06 bits per heavy atom. The van der Waals surface area contributed by atoms with Crippen LogP contribution in [0, 0.1) is 0 Å². The van der Waals surface area contributed by atoms with Crippen molar-refractivity contribution in [1.29, 1.82) is 0 Å². The molecule has 0 radical (unpaired) electrons. The van der Waals surface area contributed by atoms with Gasteiger partial charge in [0.1, 0.15) is 5.76 Å². The van der Waals surface area contributed by atoms with Crippen LogP contribution in [0.3, 0.4) is 0 Å². The van der Waals surface area contributed by atoms with E-state index in [1.807, 2.05) is 18.7 Å². The van der Waals surface area contributed by atoms with Crippen molar-refractivity contribution >= 4 is 5.91 Å². The van der Waals surface area contributed by atoms with Crippen LogP contribution in [0.2, 0.25) is 0 Å². The lowest BCUT2D eigenvalue weighted by atomic mass is 9.96. The highest BCUT2D eigenvalue weighted by Gasteiger charge is 2.31. The third-order valence-electron chi connectivity index (χ3n) is 3.71. The molecule has 0 bridgehead atoms. The van der Waals surface area contributed by atoms with Gasteiger partial charge in [-0.25, -0.2) is 0 Å². The third-order valence-corrected chi connectivity index (χ3v) is 3.71. The van der Waals surface area contributed by atoms with Crippen LogP contribution >= 0.6 is 0 Å². The lowest BCUT2D eigenvalue weighted by Gasteiger charge is -2.38. The predicted octanol–water partition coefficient (Wildman–Crippen LogP) is 2.18. The molecule has 1 aromatic heterocycles. The quantitative estimate of drug-likeness (QED) is 0.894. The summed E-state index contributed by atoms with van der Waals surface area (Å²) in [6, 6.07) is 1.95. The maximum Gasteiger partial charge on any atom is 0.257 e. The van der Waals surface area contributed by atoms with Crippen LogP contribution in [0.25, 0.3) is 0 Å². The maximum absolute atomic E-state index is 12.6. The molecule has 2 N–H and O–H groups in total. The number of carbonyl (C=O) groups is 1. The Morgan fingerprint density at radius 2 is 2.39 bits per heavy atom. The minimum absolute atomic E-state index is 0.0197. The number of nitrogens with two attached hydrogens (primary N) is 1. The molecule has 0 saturated carbocycles. The smallest absolute Gasteiger partial charge is 0.257 e. The van der Waals surface area contributed by atoms with Crippen LogP contribution in [-0.2, 0) is 6.42 Å². The number of aryl methyl sites for hydroxylation is 1. The van der Waals surface area contributed by atoms with E-state index in [0.29, 0.717) is 5.56 Å². The highest BCUT2D eigenvalue weighted by molar-refractivity contribution is 5.95. The van der Waals surface area contributed by atoms with Crippen LogP contribution in [0.15, 0.2) is 16.7 Å². The molecule has 1 amide bonds. The first-order chi connectivity index (χ1) is 8.65. The molecule has 1 aromatic rings. The number of nitrogens with zero attached hydrogens (tertiary/aromatic N) is 1. The van der Waals surface area contributed by atoms with Gasteiger partial charge in [0, 0.05) is 25.0 Å². The van der Waals surface area contributed by atoms with Gasteiger partial charge >= 0.3 is 0 Å². The summed E-state index contributed by atoms with van der Waals surface area (Å²) < 4.78 is 5.34. The molecular weight excluding hydrogens is 228 g/mol. The van der Waals surface area contributed by atoms with Gasteiger partial charge in [0.15, 0.2) is 0 Å². The summed E-state index contributed by atoms with van der Waals surface area (Å²) in [5.74, 6) is 0.844. The zero-order valence-electron chi connectivity index (χ0n) is 11.2. The summed E-state index contributed by atoms with van der Waals surface area (Å²) in [5.41, 5.74) is 6.70. The molecule has 2 atom stereocenters. The Balaban J connectivity index is 2.21. The maximum atomic E-state index is 12.6. The van der Waals surface area contributed by atoms with Gasteiger partial charge in [-0.15, -0.1) is 0 Å². The van der Waals surface area contributed by atoms with Gasteiger partial charge < -0.3 is 15.1 Å². The molecule has 0 spiro atoms. The van der Waals surface area contributed by atoms with Crippen LogP contribution in [0.1, 0.15) is 49.2 Å². The Bertz CT molecular complexity index is 412. The Kier molecular flexibility index (Phi) is 4.07. The number of piperidine rings is 1. The standard InChI is InChI=1S/C14H22N2O2/c1-3-13-11(7-9-18-13)14(17)16-8-5-4-6-12(16)10(2)15/h7,9-10,12H,3-6,8,15H2,1-2H3. The summed E-state index contributed by atoms with van der Waals surface area (Å²) in [6.07, 6.45) is 5.56. The monoisotopic (exact) mass is 250 g/mol. The van der Waals surface area contributed by atoms with E-state index in [2.05, 4.69) is 0 Å². The first-order valence-corrected chi connectivity index (χ1v) is 6.78. The van der Waals surface area contributed by atoms with Gasteiger partial charge in [0.25, 0.3) is 5.91 Å². The molecule has 1 fully saturated rings. The van der Waals surface area contributed by atoms with Crippen molar-refractivity contribution in [3.8, 4) is 0 Å². The fourth-order valence-corrected chi connectivity index (χ4v) is 2.72. The number of carbonyl (C=O) groups excluding carboxylic acids is 1. The first-order valence-electron chi connectivity index (χ1n) is 6.78. The molecular formula is C14H22N2O2. The first kappa shape index (κ1) is 13.1. The Morgan fingerprint density at radius 1 is 1.61 bits per heavy atom. The van der Waals surface area contributed by atoms with Crippen molar-refractivity contribution in [1.82, 2.24) is 4.90 Å². The summed E-state index contributed by atoms with van der Waals surface area (Å²) in [6.45, 7) is 4.78. The average Bonchev–Trinajstić information content (AvgIpc) is 2.86. The second kappa shape index (κ2) is 5.57. The van der Waals surface area contributed by atoms with Crippen LogP contribution < -0.4 is 5.73 Å². The van der Waals surface area contributed by atoms with Gasteiger partial charge in [0.2, 0.25) is 0 Å². The highest BCUT2D eigenvalue weighted by atomic mass is 16.3. The van der Waals surface area contributed by atoms with Crippen molar-refractivity contribution < 1.29 is 9.21 Å². The number of amides is 1. The summed E-state index contributed by atoms with van der Waals surface area (Å²) >= 11 is 0. The Labute approximate surface area is 108 Å². The van der Waals surface area contributed by atoms with Gasteiger partial charge in [-0.05, 0) is 32.3 Å². The Hall–Kier alpha value is -1.29. The fraction of sp³-hybridized carbons (Fsp3) is 0.643. The van der Waals surface area contributed by atoms with E-state index in [9.17, 15) is 4.79 Å². The third kappa shape index (κ3) is 2.43. The van der Waals surface area contributed by atoms with E-state index >= 15 is 0 Å². The summed E-state index contributed by atoms with van der Waals surface area (Å²) in [5, 5.41) is 0. The second-order valence-corrected chi connectivity index (χ2v) is 5.03. The summed E-state index contributed by atoms with van der Waals surface area (Å²) in [4.78, 5) is 14.5. The zero-order chi connectivity index (χ0) is 13.1. The summed E-state index contributed by atoms with van der Waals surface area (Å²) in [7, 11) is 0. The number of furan rings is 1. The molecule has 100 valence electrons. The minimum Gasteiger partial charge on any atom is -0.469 e. The van der Waals surface area contributed by atoms with Crippen LogP contribution in [-0.4, -0.2) is 29.4 Å². The lowest BCUT2D eigenvalue weighted by Crippen LogP contribution is -2.51. The van der Waals surface area contributed by atoms with E-state index in [1.165, 1.54) is 0 Å². The molecule has 2 heterocycles. The molecule has 0 aliphatic carbocycles. The topological polar surface area (TPSA) is 59.5 Å². The zero-order valence-corrected chi connectivity index (χ0v) is 11.2. The van der Waals surface area contributed by atoms with Gasteiger partial charge in [-0.2, -0.15) is 0 Å². The highest BCUT2D eigenvalue weighted by Crippen LogP contribution is 2.23. The fourth-order valence-electron chi connectivity index (χ4n) is 2.72. The van der Waals surface area contributed by atoms with Gasteiger partial charge in [0.05, 0.1) is 11.8 Å². The molecule has 0 aromatic carbocycles. The molecule has 4 nitrogen and oxygen atoms in total. The lowest BCUT2D eigenvalue weighted by molar-refractivity contribution is 0.0581. The predicted molar refractivity (Wildman–Crippen MR) is 70.4 cm³/mol. The number of likely N-dealkylation sites (tertiary alicyclic amines) is 1. The number of rotatable bonds is 3. The van der Waals surface area contributed by atoms with Gasteiger partial charge in [-0.3, -0.25) is 4.79 Å². The van der Waals surface area contributed by atoms with Crippen LogP contribution in [0.5, 0.6) is 0 Å². The van der Waals surface area contributed by atoms with E-state index < -0.39 is 0 Å². The van der Waals surface area contributed by atoms with E-state index in [-0.39, 0.29) is 18.0 Å². The molecule has 18 heavy (non-hydrogen) atoms. The van der Waals surface area contributed by atoms with E-state index in [0.717, 1.165) is 38.0 Å². The molecule has 2 unspecified atom stereocenters. The molecule has 1 saturated heterocycles. The van der Waals surface area contributed by atoms with E-state index in [1.54, 1.807) is 12.3 Å². The molecule has 1 aliphatic rings. The molecule has 1 aliphatic heterocycles. The van der Waals surface area contributed by atoms with E-state index in [4.69, 9.17) is 10.2 Å². The van der Waals surface area contributed by atoms with Crippen molar-refractivity contribution in [3.63, 3.8) is 0 Å². The van der Waals surface area contributed by atoms with Crippen LogP contribution in [0.4, 0.5) is 0 Å². The largest absolute Gasteiger partial charge is 0.469 e. The van der Waals surface area contributed by atoms with Crippen molar-refractivity contribution in [3.05, 3.63) is 23.7 Å². The van der Waals surface area contributed by atoms with Crippen molar-refractivity contribution in [2.75, 3.05) is 6.54 Å².